The molecule has 1 N–H and O–H groups in total. The van der Waals surface area contributed by atoms with Crippen LogP contribution in [0.5, 0.6) is 0 Å². The quantitative estimate of drug-likeness (QED) is 0.746. The summed E-state index contributed by atoms with van der Waals surface area (Å²) in [6, 6.07) is 0. The molecule has 1 aliphatic heterocycles. The Labute approximate surface area is 85.1 Å². The van der Waals surface area contributed by atoms with Crippen LogP contribution in [-0.4, -0.2) is 36.1 Å². The Bertz CT molecular complexity index is 241. The number of rotatable bonds is 3. The second-order valence-electron chi connectivity index (χ2n) is 5.04. The molecule has 1 aliphatic carbocycles. The van der Waals surface area contributed by atoms with Crippen LogP contribution in [0.1, 0.15) is 32.1 Å². The van der Waals surface area contributed by atoms with Crippen LogP contribution in [0.2, 0.25) is 0 Å². The van der Waals surface area contributed by atoms with E-state index in [-0.39, 0.29) is 0 Å². The lowest BCUT2D eigenvalue weighted by Crippen LogP contribution is -2.34. The highest BCUT2D eigenvalue weighted by molar-refractivity contribution is 5.66. The van der Waals surface area contributed by atoms with Gasteiger partial charge in [-0.2, -0.15) is 0 Å². The molecule has 3 nitrogen and oxygen atoms in total. The van der Waals surface area contributed by atoms with Crippen molar-refractivity contribution in [2.24, 2.45) is 11.3 Å². The molecule has 2 aliphatic rings. The molecule has 2 rings (SSSR count). The number of aliphatic carboxylic acids is 1. The number of hydrogen-bond donors (Lipinski definition) is 1. The van der Waals surface area contributed by atoms with Crippen molar-refractivity contribution in [3.8, 4) is 0 Å². The lowest BCUT2D eigenvalue weighted by molar-refractivity contribution is -0.137. The number of carboxylic acids is 1. The Hall–Kier alpha value is -0.570. The summed E-state index contributed by atoms with van der Waals surface area (Å²) in [4.78, 5) is 12.8. The zero-order chi connectivity index (χ0) is 10.2. The summed E-state index contributed by atoms with van der Waals surface area (Å²) in [5.41, 5.74) is 0.516. The molecule has 80 valence electrons. The van der Waals surface area contributed by atoms with E-state index in [2.05, 4.69) is 11.9 Å². The number of carboxylic acid groups (broad SMARTS) is 1. The topological polar surface area (TPSA) is 40.5 Å². The van der Waals surface area contributed by atoms with Crippen LogP contribution in [0.25, 0.3) is 0 Å². The van der Waals surface area contributed by atoms with Crippen molar-refractivity contribution < 1.29 is 9.90 Å². The molecule has 1 spiro atoms. The highest BCUT2D eigenvalue weighted by Gasteiger charge is 2.54. The minimum atomic E-state index is -0.642. The van der Waals surface area contributed by atoms with E-state index in [1.165, 1.54) is 32.4 Å². The zero-order valence-electron chi connectivity index (χ0n) is 8.83. The summed E-state index contributed by atoms with van der Waals surface area (Å²) in [5.74, 6) is 0.0533. The van der Waals surface area contributed by atoms with Gasteiger partial charge in [0.1, 0.15) is 0 Å². The van der Waals surface area contributed by atoms with E-state index < -0.39 is 5.97 Å². The molecular formula is C11H19NO2. The largest absolute Gasteiger partial charge is 0.481 e. The van der Waals surface area contributed by atoms with Crippen molar-refractivity contribution in [2.75, 3.05) is 20.1 Å². The monoisotopic (exact) mass is 197 g/mol. The normalized spacial score (nSPS) is 37.4. The molecule has 1 heterocycles. The summed E-state index contributed by atoms with van der Waals surface area (Å²) in [6.07, 6.45) is 5.13. The van der Waals surface area contributed by atoms with Gasteiger partial charge in [-0.05, 0) is 50.6 Å². The van der Waals surface area contributed by atoms with Crippen molar-refractivity contribution >= 4 is 5.97 Å². The summed E-state index contributed by atoms with van der Waals surface area (Å²) in [7, 11) is 2.17. The van der Waals surface area contributed by atoms with Crippen LogP contribution in [-0.2, 0) is 4.79 Å². The van der Waals surface area contributed by atoms with Gasteiger partial charge >= 0.3 is 5.97 Å². The van der Waals surface area contributed by atoms with Gasteiger partial charge in [-0.1, -0.05) is 0 Å². The summed E-state index contributed by atoms with van der Waals surface area (Å²) in [6.45, 7) is 2.41. The van der Waals surface area contributed by atoms with Gasteiger partial charge in [0.05, 0.1) is 0 Å². The first kappa shape index (κ1) is 9.97. The molecular weight excluding hydrogens is 178 g/mol. The summed E-state index contributed by atoms with van der Waals surface area (Å²) < 4.78 is 0. The smallest absolute Gasteiger partial charge is 0.303 e. The molecule has 0 aromatic heterocycles. The third-order valence-electron chi connectivity index (χ3n) is 3.86. The second kappa shape index (κ2) is 3.54. The minimum absolute atomic E-state index is 0.357. The Balaban J connectivity index is 1.80. The number of likely N-dealkylation sites (tertiary alicyclic amines) is 1. The fourth-order valence-corrected chi connectivity index (χ4v) is 3.03. The standard InChI is InChI=1S/C11H19NO2/c1-12-6-2-5-11(8-12)7-9(11)3-4-10(13)14/h9H,2-8H2,1H3,(H,13,14). The average Bonchev–Trinajstić information content (AvgIpc) is 2.74. The van der Waals surface area contributed by atoms with Gasteiger partial charge in [0, 0.05) is 13.0 Å². The SMILES string of the molecule is CN1CCCC2(CC2CCC(=O)O)C1. The molecule has 0 amide bonds. The molecule has 0 bridgehead atoms. The maximum absolute atomic E-state index is 10.5. The van der Waals surface area contributed by atoms with Crippen LogP contribution >= 0.6 is 0 Å². The van der Waals surface area contributed by atoms with Gasteiger partial charge in [0.15, 0.2) is 0 Å². The maximum Gasteiger partial charge on any atom is 0.303 e. The van der Waals surface area contributed by atoms with E-state index in [9.17, 15) is 4.79 Å². The van der Waals surface area contributed by atoms with E-state index in [1.54, 1.807) is 0 Å². The molecule has 1 saturated carbocycles. The fraction of sp³-hybridized carbons (Fsp3) is 0.909. The lowest BCUT2D eigenvalue weighted by atomic mass is 9.91. The van der Waals surface area contributed by atoms with E-state index in [4.69, 9.17) is 5.11 Å². The van der Waals surface area contributed by atoms with Gasteiger partial charge in [-0.3, -0.25) is 4.79 Å². The molecule has 0 aromatic rings. The van der Waals surface area contributed by atoms with Gasteiger partial charge in [0.25, 0.3) is 0 Å². The molecule has 1 saturated heterocycles. The van der Waals surface area contributed by atoms with Crippen LogP contribution in [0.15, 0.2) is 0 Å². The second-order valence-corrected chi connectivity index (χ2v) is 5.04. The fourth-order valence-electron chi connectivity index (χ4n) is 3.03. The van der Waals surface area contributed by atoms with Crippen molar-refractivity contribution in [1.82, 2.24) is 4.90 Å². The van der Waals surface area contributed by atoms with Crippen LogP contribution in [0, 0.1) is 11.3 Å². The van der Waals surface area contributed by atoms with Gasteiger partial charge in [0.2, 0.25) is 0 Å². The summed E-state index contributed by atoms with van der Waals surface area (Å²) in [5, 5.41) is 8.62. The number of carbonyl (C=O) groups is 1. The Morgan fingerprint density at radius 1 is 1.64 bits per heavy atom. The molecule has 2 fully saturated rings. The lowest BCUT2D eigenvalue weighted by Gasteiger charge is -2.30. The Morgan fingerprint density at radius 3 is 3.07 bits per heavy atom. The summed E-state index contributed by atoms with van der Waals surface area (Å²) >= 11 is 0. The van der Waals surface area contributed by atoms with E-state index in [1.807, 2.05) is 0 Å². The minimum Gasteiger partial charge on any atom is -0.481 e. The number of piperidine rings is 1. The third-order valence-corrected chi connectivity index (χ3v) is 3.86. The zero-order valence-corrected chi connectivity index (χ0v) is 8.83. The third kappa shape index (κ3) is 1.92. The first-order chi connectivity index (χ1) is 6.62. The Morgan fingerprint density at radius 2 is 2.43 bits per heavy atom. The molecule has 0 aromatic carbocycles. The van der Waals surface area contributed by atoms with Gasteiger partial charge in [-0.15, -0.1) is 0 Å². The van der Waals surface area contributed by atoms with Crippen molar-refractivity contribution in [2.45, 2.75) is 32.1 Å². The van der Waals surface area contributed by atoms with E-state index >= 15 is 0 Å². The highest BCUT2D eigenvalue weighted by atomic mass is 16.4. The number of nitrogens with zero attached hydrogens (tertiary/aromatic N) is 1. The highest BCUT2D eigenvalue weighted by Crippen LogP contribution is 2.59. The van der Waals surface area contributed by atoms with Crippen LogP contribution in [0.3, 0.4) is 0 Å². The Kier molecular flexibility index (Phi) is 2.52. The van der Waals surface area contributed by atoms with E-state index in [0.717, 1.165) is 6.42 Å². The molecule has 0 radical (unpaired) electrons. The first-order valence-electron chi connectivity index (χ1n) is 5.53. The van der Waals surface area contributed by atoms with Crippen molar-refractivity contribution in [1.29, 1.82) is 0 Å². The predicted molar refractivity (Wildman–Crippen MR) is 54.1 cm³/mol. The van der Waals surface area contributed by atoms with Crippen LogP contribution in [0.4, 0.5) is 0 Å². The maximum atomic E-state index is 10.5. The predicted octanol–water partition coefficient (Wildman–Crippen LogP) is 1.58. The van der Waals surface area contributed by atoms with Gasteiger partial charge in [-0.25, -0.2) is 0 Å². The first-order valence-corrected chi connectivity index (χ1v) is 5.53. The van der Waals surface area contributed by atoms with Crippen LogP contribution < -0.4 is 0 Å². The molecule has 2 unspecified atom stereocenters. The number of hydrogen-bond acceptors (Lipinski definition) is 2. The van der Waals surface area contributed by atoms with Gasteiger partial charge < -0.3 is 10.0 Å². The van der Waals surface area contributed by atoms with E-state index in [0.29, 0.717) is 17.8 Å². The molecule has 14 heavy (non-hydrogen) atoms. The van der Waals surface area contributed by atoms with Crippen molar-refractivity contribution in [3.05, 3.63) is 0 Å². The average molecular weight is 197 g/mol. The molecule has 2 atom stereocenters. The molecule has 3 heteroatoms. The van der Waals surface area contributed by atoms with Crippen molar-refractivity contribution in [3.63, 3.8) is 0 Å².